The molecule has 4 nitrogen and oxygen atoms in total. The third-order valence-electron chi connectivity index (χ3n) is 1.42. The maximum absolute atomic E-state index is 5.18. The van der Waals surface area contributed by atoms with Gasteiger partial charge in [-0.25, -0.2) is 0 Å². The Hall–Kier alpha value is -1.06. The highest BCUT2D eigenvalue weighted by Gasteiger charge is 2.23. The number of hydrogen-bond donors (Lipinski definition) is 0. The van der Waals surface area contributed by atoms with E-state index in [-0.39, 0.29) is 5.92 Å². The monoisotopic (exact) mass is 139 g/mol. The molecule has 1 radical (unpaired) electrons. The summed E-state index contributed by atoms with van der Waals surface area (Å²) in [6, 6.07) is 0. The van der Waals surface area contributed by atoms with Crippen LogP contribution in [0.1, 0.15) is 0 Å². The Morgan fingerprint density at radius 1 is 1.60 bits per heavy atom. The van der Waals surface area contributed by atoms with E-state index in [1.54, 1.807) is 0 Å². The van der Waals surface area contributed by atoms with Gasteiger partial charge in [0.05, 0.1) is 6.54 Å². The van der Waals surface area contributed by atoms with Gasteiger partial charge in [-0.15, -0.1) is 0 Å². The molecule has 0 aromatic heterocycles. The number of ether oxygens (including phenoxy) is 1. The van der Waals surface area contributed by atoms with Gasteiger partial charge in [0, 0.05) is 0 Å². The number of nitrogens with zero attached hydrogens (tertiary/aromatic N) is 2. The van der Waals surface area contributed by atoms with Crippen LogP contribution in [0.3, 0.4) is 0 Å². The first kappa shape index (κ1) is 5.70. The van der Waals surface area contributed by atoms with Gasteiger partial charge in [0.25, 0.3) is 0 Å². The van der Waals surface area contributed by atoms with E-state index < -0.39 is 0 Å². The van der Waals surface area contributed by atoms with Crippen LogP contribution in [0.4, 0.5) is 0 Å². The fourth-order valence-corrected chi connectivity index (χ4v) is 0.939. The molecule has 0 aromatic carbocycles. The van der Waals surface area contributed by atoms with E-state index in [4.69, 9.17) is 9.57 Å². The minimum absolute atomic E-state index is 0.0440. The van der Waals surface area contributed by atoms with Crippen molar-refractivity contribution in [1.29, 1.82) is 0 Å². The topological polar surface area (TPSA) is 43.2 Å². The minimum atomic E-state index is 0.0440. The standard InChI is InChI=1S/C6H7N2O2/c1-2-9-6(7-1)5-3-8-10-4-5/h5H,1-2,4H2. The molecular weight excluding hydrogens is 132 g/mol. The third kappa shape index (κ3) is 0.853. The molecule has 2 heterocycles. The lowest BCUT2D eigenvalue weighted by Crippen LogP contribution is -2.16. The molecule has 0 N–H and O–H groups in total. The molecule has 0 bridgehead atoms. The molecule has 0 spiro atoms. The lowest BCUT2D eigenvalue weighted by molar-refractivity contribution is 0.160. The van der Waals surface area contributed by atoms with Crippen LogP contribution < -0.4 is 0 Å². The molecule has 2 aliphatic heterocycles. The van der Waals surface area contributed by atoms with E-state index in [0.717, 1.165) is 12.4 Å². The van der Waals surface area contributed by atoms with Crippen LogP contribution in [0.2, 0.25) is 0 Å². The molecule has 4 heteroatoms. The SMILES string of the molecule is [C]1=NOCC1C1=NCCO1. The second-order valence-corrected chi connectivity index (χ2v) is 2.14. The van der Waals surface area contributed by atoms with Crippen LogP contribution in [0.25, 0.3) is 0 Å². The summed E-state index contributed by atoms with van der Waals surface area (Å²) in [5.74, 6) is 0.767. The van der Waals surface area contributed by atoms with Crippen molar-refractivity contribution in [1.82, 2.24) is 0 Å². The summed E-state index contributed by atoms with van der Waals surface area (Å²) in [4.78, 5) is 8.83. The van der Waals surface area contributed by atoms with Gasteiger partial charge < -0.3 is 9.57 Å². The maximum atomic E-state index is 5.18. The van der Waals surface area contributed by atoms with E-state index in [9.17, 15) is 0 Å². The molecule has 0 aliphatic carbocycles. The van der Waals surface area contributed by atoms with Gasteiger partial charge in [-0.1, -0.05) is 5.16 Å². The van der Waals surface area contributed by atoms with Gasteiger partial charge in [0.15, 0.2) is 5.90 Å². The van der Waals surface area contributed by atoms with Crippen LogP contribution >= 0.6 is 0 Å². The molecule has 0 fully saturated rings. The van der Waals surface area contributed by atoms with Crippen LogP contribution in [0.5, 0.6) is 0 Å². The highest BCUT2D eigenvalue weighted by Crippen LogP contribution is 2.09. The normalized spacial score (nSPS) is 29.6. The Morgan fingerprint density at radius 2 is 2.60 bits per heavy atom. The fourth-order valence-electron chi connectivity index (χ4n) is 0.939. The lowest BCUT2D eigenvalue weighted by Gasteiger charge is -2.02. The Labute approximate surface area is 58.5 Å². The van der Waals surface area contributed by atoms with E-state index in [1.165, 1.54) is 0 Å². The van der Waals surface area contributed by atoms with E-state index in [2.05, 4.69) is 16.4 Å². The van der Waals surface area contributed by atoms with Crippen molar-refractivity contribution in [2.45, 2.75) is 0 Å². The summed E-state index contributed by atoms with van der Waals surface area (Å²) in [5.41, 5.74) is 0. The van der Waals surface area contributed by atoms with Crippen molar-refractivity contribution in [2.75, 3.05) is 19.8 Å². The second-order valence-electron chi connectivity index (χ2n) is 2.14. The summed E-state index contributed by atoms with van der Waals surface area (Å²) < 4.78 is 5.18. The lowest BCUT2D eigenvalue weighted by atomic mass is 10.2. The first-order valence-electron chi connectivity index (χ1n) is 3.21. The van der Waals surface area contributed by atoms with Crippen LogP contribution in [-0.4, -0.2) is 31.9 Å². The molecule has 1 atom stereocenters. The minimum Gasteiger partial charge on any atom is -0.478 e. The number of aliphatic imine (C=N–C) groups is 1. The van der Waals surface area contributed by atoms with Crippen molar-refractivity contribution >= 4 is 12.1 Å². The molecule has 2 rings (SSSR count). The second kappa shape index (κ2) is 2.28. The van der Waals surface area contributed by atoms with E-state index >= 15 is 0 Å². The van der Waals surface area contributed by atoms with Crippen LogP contribution in [-0.2, 0) is 9.57 Å². The summed E-state index contributed by atoms with van der Waals surface area (Å²) in [6.45, 7) is 1.97. The van der Waals surface area contributed by atoms with E-state index in [0.29, 0.717) is 13.2 Å². The molecule has 2 aliphatic rings. The maximum Gasteiger partial charge on any atom is 0.196 e. The molecular formula is C6H7N2O2. The molecule has 0 saturated carbocycles. The van der Waals surface area contributed by atoms with Gasteiger partial charge in [-0.2, -0.15) is 0 Å². The number of hydrogen-bond acceptors (Lipinski definition) is 4. The predicted octanol–water partition coefficient (Wildman–Crippen LogP) is -0.0757. The molecule has 0 aromatic rings. The average Bonchev–Trinajstić information content (AvgIpc) is 2.59. The smallest absolute Gasteiger partial charge is 0.196 e. The van der Waals surface area contributed by atoms with Crippen molar-refractivity contribution in [3.8, 4) is 0 Å². The van der Waals surface area contributed by atoms with Crippen LogP contribution in [0, 0.1) is 5.92 Å². The van der Waals surface area contributed by atoms with Gasteiger partial charge in [-0.3, -0.25) is 4.99 Å². The zero-order valence-corrected chi connectivity index (χ0v) is 5.41. The van der Waals surface area contributed by atoms with Crippen molar-refractivity contribution in [3.05, 3.63) is 0 Å². The Balaban J connectivity index is 2.04. The molecule has 0 amide bonds. The molecule has 0 saturated heterocycles. The zero-order valence-electron chi connectivity index (χ0n) is 5.41. The van der Waals surface area contributed by atoms with Crippen LogP contribution in [0.15, 0.2) is 10.1 Å². The van der Waals surface area contributed by atoms with E-state index in [1.807, 2.05) is 0 Å². The summed E-state index contributed by atoms with van der Waals surface area (Å²) in [7, 11) is 0. The highest BCUT2D eigenvalue weighted by molar-refractivity contribution is 5.94. The largest absolute Gasteiger partial charge is 0.478 e. The van der Waals surface area contributed by atoms with Gasteiger partial charge >= 0.3 is 0 Å². The highest BCUT2D eigenvalue weighted by atomic mass is 16.6. The van der Waals surface area contributed by atoms with Gasteiger partial charge in [0.2, 0.25) is 0 Å². The van der Waals surface area contributed by atoms with Gasteiger partial charge in [-0.05, 0) is 0 Å². The fraction of sp³-hybridized carbons (Fsp3) is 0.667. The molecule has 1 unspecified atom stereocenters. The Morgan fingerprint density at radius 3 is 3.20 bits per heavy atom. The average molecular weight is 139 g/mol. The predicted molar refractivity (Wildman–Crippen MR) is 35.1 cm³/mol. The molecule has 10 heavy (non-hydrogen) atoms. The third-order valence-corrected chi connectivity index (χ3v) is 1.42. The zero-order chi connectivity index (χ0) is 6.81. The summed E-state index contributed by atoms with van der Waals surface area (Å²) in [6.07, 6.45) is 2.75. The summed E-state index contributed by atoms with van der Waals surface area (Å²) in [5, 5.41) is 3.50. The quantitative estimate of drug-likeness (QED) is 0.510. The number of rotatable bonds is 1. The van der Waals surface area contributed by atoms with Gasteiger partial charge in [0.1, 0.15) is 25.3 Å². The van der Waals surface area contributed by atoms with Crippen molar-refractivity contribution in [2.24, 2.45) is 16.1 Å². The Bertz CT molecular complexity index is 188. The van der Waals surface area contributed by atoms with Crippen molar-refractivity contribution < 1.29 is 9.57 Å². The first-order valence-corrected chi connectivity index (χ1v) is 3.21. The summed E-state index contributed by atoms with van der Waals surface area (Å²) >= 11 is 0. The Kier molecular flexibility index (Phi) is 1.30. The first-order chi connectivity index (χ1) is 4.97. The molecule has 53 valence electrons. The van der Waals surface area contributed by atoms with Crippen molar-refractivity contribution in [3.63, 3.8) is 0 Å².